The van der Waals surface area contributed by atoms with Crippen LogP contribution in [0.25, 0.3) is 0 Å². The Balaban J connectivity index is 1.86. The molecule has 0 saturated carbocycles. The fourth-order valence-corrected chi connectivity index (χ4v) is 4.63. The number of nitrogens with zero attached hydrogens (tertiary/aromatic N) is 1. The van der Waals surface area contributed by atoms with Crippen LogP contribution in [0.15, 0.2) is 72.4 Å². The van der Waals surface area contributed by atoms with Crippen molar-refractivity contribution in [3.8, 4) is 0 Å². The summed E-state index contributed by atoms with van der Waals surface area (Å²) in [6.07, 6.45) is -0.516. The monoisotopic (exact) mass is 610 g/mol. The molecule has 0 radical (unpaired) electrons. The molecule has 1 fully saturated rings. The minimum Gasteiger partial charge on any atom is -0.469 e. The number of amides is 2. The van der Waals surface area contributed by atoms with Crippen LogP contribution in [0.3, 0.4) is 0 Å². The lowest BCUT2D eigenvalue weighted by molar-refractivity contribution is -0.158. The molecule has 0 spiro atoms. The first kappa shape index (κ1) is 33.6. The van der Waals surface area contributed by atoms with Gasteiger partial charge in [-0.05, 0) is 44.7 Å². The van der Waals surface area contributed by atoms with Gasteiger partial charge in [0.1, 0.15) is 30.6 Å². The topological polar surface area (TPSA) is 147 Å². The van der Waals surface area contributed by atoms with Crippen molar-refractivity contribution in [1.82, 2.24) is 10.2 Å². The van der Waals surface area contributed by atoms with E-state index in [-0.39, 0.29) is 31.8 Å². The Kier molecular flexibility index (Phi) is 11.9. The molecule has 1 saturated heterocycles. The van der Waals surface area contributed by atoms with Crippen LogP contribution in [0, 0.1) is 5.92 Å². The zero-order chi connectivity index (χ0) is 32.3. The maximum absolute atomic E-state index is 13.5. The van der Waals surface area contributed by atoms with Crippen LogP contribution in [0.5, 0.6) is 0 Å². The zero-order valence-electron chi connectivity index (χ0n) is 25.4. The van der Waals surface area contributed by atoms with E-state index < -0.39 is 53.7 Å². The van der Waals surface area contributed by atoms with Gasteiger partial charge in [-0.25, -0.2) is 19.2 Å². The Morgan fingerprint density at radius 2 is 1.41 bits per heavy atom. The Bertz CT molecular complexity index is 1340. The first-order chi connectivity index (χ1) is 20.9. The Hall–Kier alpha value is -4.87. The van der Waals surface area contributed by atoms with E-state index in [1.165, 1.54) is 13.2 Å². The molecule has 2 aromatic rings. The number of likely N-dealkylation sites (tertiary alicyclic amines) is 1. The molecule has 0 aromatic heterocycles. The van der Waals surface area contributed by atoms with Crippen molar-refractivity contribution in [2.45, 2.75) is 64.5 Å². The lowest BCUT2D eigenvalue weighted by Gasteiger charge is -2.32. The van der Waals surface area contributed by atoms with E-state index >= 15 is 0 Å². The molecule has 12 heteroatoms. The summed E-state index contributed by atoms with van der Waals surface area (Å²) in [7, 11) is 2.32. The van der Waals surface area contributed by atoms with Gasteiger partial charge in [0.15, 0.2) is 0 Å². The van der Waals surface area contributed by atoms with Gasteiger partial charge in [0.25, 0.3) is 0 Å². The van der Waals surface area contributed by atoms with E-state index in [0.717, 1.165) is 17.6 Å². The maximum atomic E-state index is 13.5. The van der Waals surface area contributed by atoms with Gasteiger partial charge in [0, 0.05) is 6.04 Å². The van der Waals surface area contributed by atoms with Crippen LogP contribution < -0.4 is 5.32 Å². The lowest BCUT2D eigenvalue weighted by atomic mass is 9.98. The molecule has 12 nitrogen and oxygen atoms in total. The van der Waals surface area contributed by atoms with Crippen LogP contribution in [-0.4, -0.2) is 66.9 Å². The van der Waals surface area contributed by atoms with Crippen molar-refractivity contribution in [2.75, 3.05) is 14.2 Å². The average Bonchev–Trinajstić information content (AvgIpc) is 3.40. The number of methoxy groups -OCH3 is 2. The summed E-state index contributed by atoms with van der Waals surface area (Å²) in [4.78, 5) is 66.0. The standard InChI is InChI=1S/C32H38N2O10/c1-32(2,3)44-31(39)34-23(16-17-25(28(36)41-5)33-30(38)43-20-22-14-10-7-11-15-22)18-24(27(35)40-4)26(34)29(37)42-19-21-12-8-6-9-13-21/h6-15,17,23-24,26H,16,18-20H2,1-5H3,(H,33,38)/b25-17+/t23-,24+,26-/m0/s1. The van der Waals surface area contributed by atoms with E-state index in [2.05, 4.69) is 5.32 Å². The maximum Gasteiger partial charge on any atom is 0.412 e. The van der Waals surface area contributed by atoms with Crippen molar-refractivity contribution in [3.05, 3.63) is 83.6 Å². The van der Waals surface area contributed by atoms with E-state index in [4.69, 9.17) is 23.7 Å². The first-order valence-corrected chi connectivity index (χ1v) is 14.0. The lowest BCUT2D eigenvalue weighted by Crippen LogP contribution is -2.50. The summed E-state index contributed by atoms with van der Waals surface area (Å²) in [5.74, 6) is -3.49. The summed E-state index contributed by atoms with van der Waals surface area (Å²) in [6, 6.07) is 15.7. The van der Waals surface area contributed by atoms with Crippen molar-refractivity contribution in [3.63, 3.8) is 0 Å². The van der Waals surface area contributed by atoms with Gasteiger partial charge in [-0.15, -0.1) is 0 Å². The third kappa shape index (κ3) is 9.58. The van der Waals surface area contributed by atoms with Gasteiger partial charge in [-0.1, -0.05) is 66.7 Å². The Labute approximate surface area is 256 Å². The largest absolute Gasteiger partial charge is 0.469 e. The fourth-order valence-electron chi connectivity index (χ4n) is 4.63. The van der Waals surface area contributed by atoms with Gasteiger partial charge in [0.2, 0.25) is 0 Å². The number of hydrogen-bond donors (Lipinski definition) is 1. The highest BCUT2D eigenvalue weighted by molar-refractivity contribution is 5.92. The van der Waals surface area contributed by atoms with Gasteiger partial charge < -0.3 is 23.7 Å². The third-order valence-electron chi connectivity index (χ3n) is 6.62. The van der Waals surface area contributed by atoms with Crippen molar-refractivity contribution in [2.24, 2.45) is 5.92 Å². The fraction of sp³-hybridized carbons (Fsp3) is 0.406. The summed E-state index contributed by atoms with van der Waals surface area (Å²) in [5.41, 5.74) is 0.272. The molecular weight excluding hydrogens is 572 g/mol. The molecule has 0 unspecified atom stereocenters. The number of rotatable bonds is 10. The predicted molar refractivity (Wildman–Crippen MR) is 156 cm³/mol. The highest BCUT2D eigenvalue weighted by atomic mass is 16.6. The highest BCUT2D eigenvalue weighted by Crippen LogP contribution is 2.35. The number of nitrogens with one attached hydrogen (secondary N) is 1. The second-order valence-corrected chi connectivity index (χ2v) is 11.0. The molecule has 0 aliphatic carbocycles. The zero-order valence-corrected chi connectivity index (χ0v) is 25.4. The molecule has 0 bridgehead atoms. The van der Waals surface area contributed by atoms with Crippen LogP contribution in [0.1, 0.15) is 44.7 Å². The minimum atomic E-state index is -1.37. The first-order valence-electron chi connectivity index (χ1n) is 14.0. The summed E-state index contributed by atoms with van der Waals surface area (Å²) in [5, 5.41) is 2.37. The van der Waals surface area contributed by atoms with Crippen LogP contribution in [0.4, 0.5) is 9.59 Å². The predicted octanol–water partition coefficient (Wildman–Crippen LogP) is 4.27. The van der Waals surface area contributed by atoms with Crippen LogP contribution in [0.2, 0.25) is 0 Å². The number of carbonyl (C=O) groups is 5. The Morgan fingerprint density at radius 3 is 1.93 bits per heavy atom. The van der Waals surface area contributed by atoms with Crippen molar-refractivity contribution >= 4 is 30.1 Å². The quantitative estimate of drug-likeness (QED) is 0.235. The number of alkyl carbamates (subject to hydrolysis) is 1. The van der Waals surface area contributed by atoms with Gasteiger partial charge in [0.05, 0.1) is 20.1 Å². The summed E-state index contributed by atoms with van der Waals surface area (Å²) in [6.45, 7) is 4.87. The molecule has 1 N–H and O–H groups in total. The smallest absolute Gasteiger partial charge is 0.412 e. The third-order valence-corrected chi connectivity index (χ3v) is 6.62. The molecule has 3 rings (SSSR count). The number of ether oxygens (including phenoxy) is 5. The molecular formula is C32H38N2O10. The normalized spacial score (nSPS) is 18.2. The summed E-state index contributed by atoms with van der Waals surface area (Å²) >= 11 is 0. The second kappa shape index (κ2) is 15.6. The number of hydrogen-bond acceptors (Lipinski definition) is 10. The minimum absolute atomic E-state index is 0.0135. The molecule has 44 heavy (non-hydrogen) atoms. The van der Waals surface area contributed by atoms with Gasteiger partial charge in [-0.3, -0.25) is 15.0 Å². The number of esters is 3. The van der Waals surface area contributed by atoms with Crippen molar-refractivity contribution < 1.29 is 47.7 Å². The van der Waals surface area contributed by atoms with E-state index in [9.17, 15) is 24.0 Å². The molecule has 3 atom stereocenters. The molecule has 236 valence electrons. The Morgan fingerprint density at radius 1 is 0.841 bits per heavy atom. The SMILES string of the molecule is COC(=O)/C(=C\C[C@H]1C[C@@H](C(=O)OC)[C@@H](C(=O)OCc2ccccc2)N1C(=O)OC(C)(C)C)NC(=O)OCc1ccccc1. The van der Waals surface area contributed by atoms with Gasteiger partial charge in [-0.2, -0.15) is 0 Å². The molecule has 1 aliphatic heterocycles. The molecule has 2 amide bonds. The van der Waals surface area contributed by atoms with Crippen LogP contribution >= 0.6 is 0 Å². The molecule has 1 heterocycles. The van der Waals surface area contributed by atoms with E-state index in [1.807, 2.05) is 12.1 Å². The second-order valence-electron chi connectivity index (χ2n) is 11.0. The average molecular weight is 611 g/mol. The highest BCUT2D eigenvalue weighted by Gasteiger charge is 2.53. The van der Waals surface area contributed by atoms with E-state index in [1.54, 1.807) is 69.3 Å². The number of benzene rings is 2. The summed E-state index contributed by atoms with van der Waals surface area (Å²) < 4.78 is 26.1. The molecule has 2 aromatic carbocycles. The number of carbonyl (C=O) groups excluding carboxylic acids is 5. The van der Waals surface area contributed by atoms with Crippen LogP contribution in [-0.2, 0) is 51.3 Å². The van der Waals surface area contributed by atoms with Crippen molar-refractivity contribution in [1.29, 1.82) is 0 Å². The van der Waals surface area contributed by atoms with Gasteiger partial charge >= 0.3 is 30.1 Å². The molecule has 1 aliphatic rings. The van der Waals surface area contributed by atoms with E-state index in [0.29, 0.717) is 5.56 Å².